The lowest BCUT2D eigenvalue weighted by Crippen LogP contribution is -2.12. The molecule has 0 atom stereocenters. The number of hydrogen-bond donors (Lipinski definition) is 0. The van der Waals surface area contributed by atoms with Crippen LogP contribution in [0.5, 0.6) is 0 Å². The molecule has 0 amide bonds. The van der Waals surface area contributed by atoms with E-state index in [-0.39, 0.29) is 12.4 Å². The van der Waals surface area contributed by atoms with Gasteiger partial charge in [-0.05, 0) is 13.3 Å². The molecule has 0 spiro atoms. The summed E-state index contributed by atoms with van der Waals surface area (Å²) in [7, 11) is 0. The second-order valence-electron chi connectivity index (χ2n) is 2.93. The molecule has 0 unspecified atom stereocenters. The average Bonchev–Trinajstić information content (AvgIpc) is 2.54. The summed E-state index contributed by atoms with van der Waals surface area (Å²) in [5.41, 5.74) is 0.810. The molecule has 1 aromatic heterocycles. The van der Waals surface area contributed by atoms with E-state index in [0.29, 0.717) is 6.61 Å². The fraction of sp³-hybridized carbons (Fsp3) is 0.667. The molecule has 5 heteroatoms. The van der Waals surface area contributed by atoms with Crippen molar-refractivity contribution >= 4 is 5.97 Å². The minimum atomic E-state index is -0.229. The molecule has 1 heterocycles. The molecule has 0 aliphatic carbocycles. The summed E-state index contributed by atoms with van der Waals surface area (Å²) in [6.45, 7) is 5.04. The van der Waals surface area contributed by atoms with Crippen molar-refractivity contribution in [2.75, 3.05) is 6.61 Å². The van der Waals surface area contributed by atoms with Crippen LogP contribution >= 0.6 is 0 Å². The van der Waals surface area contributed by atoms with Gasteiger partial charge in [-0.15, -0.1) is 5.10 Å². The van der Waals surface area contributed by atoms with E-state index in [2.05, 4.69) is 17.2 Å². The topological polar surface area (TPSA) is 57.0 Å². The molecule has 0 saturated carbocycles. The zero-order chi connectivity index (χ0) is 10.4. The van der Waals surface area contributed by atoms with Crippen molar-refractivity contribution in [2.24, 2.45) is 0 Å². The van der Waals surface area contributed by atoms with Gasteiger partial charge < -0.3 is 4.74 Å². The maximum atomic E-state index is 11.2. The molecular weight excluding hydrogens is 182 g/mol. The van der Waals surface area contributed by atoms with Crippen molar-refractivity contribution in [1.82, 2.24) is 15.0 Å². The number of nitrogens with zero attached hydrogens (tertiary/aromatic N) is 3. The Labute approximate surface area is 83.1 Å². The van der Waals surface area contributed by atoms with Gasteiger partial charge in [-0.2, -0.15) is 0 Å². The Morgan fingerprint density at radius 2 is 2.36 bits per heavy atom. The van der Waals surface area contributed by atoms with Gasteiger partial charge in [-0.1, -0.05) is 12.1 Å². The summed E-state index contributed by atoms with van der Waals surface area (Å²) in [6.07, 6.45) is 2.83. The smallest absolute Gasteiger partial charge is 0.311 e. The highest BCUT2D eigenvalue weighted by molar-refractivity contribution is 5.71. The third kappa shape index (κ3) is 2.83. The van der Waals surface area contributed by atoms with E-state index in [4.69, 9.17) is 4.74 Å². The Kier molecular flexibility index (Phi) is 4.10. The second-order valence-corrected chi connectivity index (χ2v) is 2.93. The lowest BCUT2D eigenvalue weighted by molar-refractivity contribution is -0.142. The number of rotatable bonds is 5. The Morgan fingerprint density at radius 1 is 1.57 bits per heavy atom. The van der Waals surface area contributed by atoms with Gasteiger partial charge in [0.25, 0.3) is 0 Å². The first kappa shape index (κ1) is 10.7. The van der Waals surface area contributed by atoms with E-state index in [1.807, 2.05) is 0 Å². The number of carbonyl (C=O) groups is 1. The highest BCUT2D eigenvalue weighted by Gasteiger charge is 2.09. The number of ether oxygens (including phenoxy) is 1. The largest absolute Gasteiger partial charge is 0.466 e. The molecule has 1 rings (SSSR count). The van der Waals surface area contributed by atoms with Crippen molar-refractivity contribution in [2.45, 2.75) is 33.2 Å². The maximum absolute atomic E-state index is 11.2. The van der Waals surface area contributed by atoms with Gasteiger partial charge >= 0.3 is 5.97 Å². The lowest BCUT2D eigenvalue weighted by atomic mass is 10.3. The highest BCUT2D eigenvalue weighted by atomic mass is 16.5. The summed E-state index contributed by atoms with van der Waals surface area (Å²) < 4.78 is 6.57. The van der Waals surface area contributed by atoms with Crippen LogP contribution in [0.4, 0.5) is 0 Å². The monoisotopic (exact) mass is 197 g/mol. The van der Waals surface area contributed by atoms with Crippen LogP contribution < -0.4 is 0 Å². The Hall–Kier alpha value is -1.39. The molecule has 0 radical (unpaired) electrons. The zero-order valence-corrected chi connectivity index (χ0v) is 8.56. The maximum Gasteiger partial charge on any atom is 0.311 e. The molecule has 0 aliphatic rings. The van der Waals surface area contributed by atoms with Crippen molar-refractivity contribution in [3.05, 3.63) is 11.9 Å². The third-order valence-corrected chi connectivity index (χ3v) is 1.76. The fourth-order valence-electron chi connectivity index (χ4n) is 1.18. The summed E-state index contributed by atoms with van der Waals surface area (Å²) >= 11 is 0. The van der Waals surface area contributed by atoms with E-state index in [1.54, 1.807) is 17.8 Å². The first-order valence-electron chi connectivity index (χ1n) is 4.80. The minimum Gasteiger partial charge on any atom is -0.466 e. The first-order chi connectivity index (χ1) is 6.77. The predicted molar refractivity (Wildman–Crippen MR) is 50.7 cm³/mol. The van der Waals surface area contributed by atoms with Gasteiger partial charge in [0.05, 0.1) is 24.9 Å². The average molecular weight is 197 g/mol. The SMILES string of the molecule is CCCn1nncc1CC(=O)OCC. The molecule has 5 nitrogen and oxygen atoms in total. The Balaban J connectivity index is 2.56. The molecule has 0 fully saturated rings. The van der Waals surface area contributed by atoms with Crippen molar-refractivity contribution < 1.29 is 9.53 Å². The summed E-state index contributed by atoms with van der Waals surface area (Å²) in [5, 5.41) is 7.64. The van der Waals surface area contributed by atoms with E-state index >= 15 is 0 Å². The van der Waals surface area contributed by atoms with Crippen molar-refractivity contribution in [1.29, 1.82) is 0 Å². The zero-order valence-electron chi connectivity index (χ0n) is 8.56. The van der Waals surface area contributed by atoms with E-state index in [9.17, 15) is 4.79 Å². The Bertz CT molecular complexity index is 296. The fourth-order valence-corrected chi connectivity index (χ4v) is 1.18. The third-order valence-electron chi connectivity index (χ3n) is 1.76. The molecule has 14 heavy (non-hydrogen) atoms. The van der Waals surface area contributed by atoms with Crippen LogP contribution in [0.2, 0.25) is 0 Å². The van der Waals surface area contributed by atoms with Crippen LogP contribution in [-0.2, 0) is 22.5 Å². The first-order valence-corrected chi connectivity index (χ1v) is 4.80. The molecule has 1 aromatic rings. The van der Waals surface area contributed by atoms with Gasteiger partial charge in [0.1, 0.15) is 0 Å². The number of aryl methyl sites for hydroxylation is 1. The van der Waals surface area contributed by atoms with Crippen LogP contribution in [0.3, 0.4) is 0 Å². The molecule has 0 bridgehead atoms. The molecule has 0 aliphatic heterocycles. The normalized spacial score (nSPS) is 10.1. The molecule has 0 N–H and O–H groups in total. The Morgan fingerprint density at radius 3 is 3.00 bits per heavy atom. The molecular formula is C9H15N3O2. The van der Waals surface area contributed by atoms with Crippen LogP contribution in [0.15, 0.2) is 6.20 Å². The van der Waals surface area contributed by atoms with Gasteiger partial charge in [0.2, 0.25) is 0 Å². The predicted octanol–water partition coefficient (Wildman–Crippen LogP) is 0.794. The molecule has 0 aromatic carbocycles. The van der Waals surface area contributed by atoms with Crippen LogP contribution in [0.25, 0.3) is 0 Å². The standard InChI is InChI=1S/C9H15N3O2/c1-3-5-12-8(7-10-11-12)6-9(13)14-4-2/h7H,3-6H2,1-2H3. The van der Waals surface area contributed by atoms with E-state index < -0.39 is 0 Å². The highest BCUT2D eigenvalue weighted by Crippen LogP contribution is 2.00. The minimum absolute atomic E-state index is 0.229. The quantitative estimate of drug-likeness (QED) is 0.655. The summed E-state index contributed by atoms with van der Waals surface area (Å²) in [4.78, 5) is 11.2. The summed E-state index contributed by atoms with van der Waals surface area (Å²) in [5.74, 6) is -0.229. The number of hydrogen-bond acceptors (Lipinski definition) is 4. The van der Waals surface area contributed by atoms with E-state index in [1.165, 1.54) is 0 Å². The van der Waals surface area contributed by atoms with Crippen molar-refractivity contribution in [3.8, 4) is 0 Å². The van der Waals surface area contributed by atoms with Crippen LogP contribution in [0.1, 0.15) is 26.0 Å². The van der Waals surface area contributed by atoms with Gasteiger partial charge in [-0.25, -0.2) is 4.68 Å². The van der Waals surface area contributed by atoms with Crippen LogP contribution in [0, 0.1) is 0 Å². The van der Waals surface area contributed by atoms with Crippen LogP contribution in [-0.4, -0.2) is 27.6 Å². The van der Waals surface area contributed by atoms with E-state index in [0.717, 1.165) is 18.7 Å². The molecule has 0 saturated heterocycles. The van der Waals surface area contributed by atoms with Gasteiger partial charge in [0, 0.05) is 6.54 Å². The van der Waals surface area contributed by atoms with Crippen molar-refractivity contribution in [3.63, 3.8) is 0 Å². The second kappa shape index (κ2) is 5.36. The number of esters is 1. The molecule has 78 valence electrons. The lowest BCUT2D eigenvalue weighted by Gasteiger charge is -2.03. The van der Waals surface area contributed by atoms with Gasteiger partial charge in [-0.3, -0.25) is 4.79 Å². The summed E-state index contributed by atoms with van der Waals surface area (Å²) in [6, 6.07) is 0. The van der Waals surface area contributed by atoms with Gasteiger partial charge in [0.15, 0.2) is 0 Å². The number of carbonyl (C=O) groups excluding carboxylic acids is 1. The number of aromatic nitrogens is 3.